The first-order valence-corrected chi connectivity index (χ1v) is 5.11. The first-order valence-electron chi connectivity index (χ1n) is 5.11. The van der Waals surface area contributed by atoms with Crippen molar-refractivity contribution in [1.82, 2.24) is 0 Å². The van der Waals surface area contributed by atoms with E-state index in [4.69, 9.17) is 10.5 Å². The smallest absolute Gasteiger partial charge is 0.0579 e. The van der Waals surface area contributed by atoms with Gasteiger partial charge in [0.25, 0.3) is 0 Å². The molecule has 1 aliphatic heterocycles. The molecular formula is C10H21NO. The van der Waals surface area contributed by atoms with Gasteiger partial charge in [-0.05, 0) is 31.6 Å². The highest BCUT2D eigenvalue weighted by Crippen LogP contribution is 2.21. The van der Waals surface area contributed by atoms with Crippen LogP contribution in [0.3, 0.4) is 0 Å². The quantitative estimate of drug-likeness (QED) is 0.701. The van der Waals surface area contributed by atoms with Crippen LogP contribution in [0.25, 0.3) is 0 Å². The Hall–Kier alpha value is -0.0800. The summed E-state index contributed by atoms with van der Waals surface area (Å²) in [5.74, 6) is 0.609. The standard InChI is InChI=1S/C10H21NO/c1-3-10(11)8(2)7-9-5-4-6-12-9/h8-10H,3-7,11H2,1-2H3. The van der Waals surface area contributed by atoms with E-state index in [1.165, 1.54) is 12.8 Å². The first kappa shape index (κ1) is 10.0. The first-order chi connectivity index (χ1) is 5.74. The van der Waals surface area contributed by atoms with Crippen LogP contribution in [0.1, 0.15) is 39.5 Å². The van der Waals surface area contributed by atoms with Crippen LogP contribution in [0.2, 0.25) is 0 Å². The number of ether oxygens (including phenoxy) is 1. The number of hydrogen-bond donors (Lipinski definition) is 1. The summed E-state index contributed by atoms with van der Waals surface area (Å²) in [6.07, 6.45) is 5.19. The number of rotatable bonds is 4. The Morgan fingerprint density at radius 3 is 2.83 bits per heavy atom. The molecular weight excluding hydrogens is 150 g/mol. The lowest BCUT2D eigenvalue weighted by Crippen LogP contribution is -2.29. The summed E-state index contributed by atoms with van der Waals surface area (Å²) >= 11 is 0. The molecule has 12 heavy (non-hydrogen) atoms. The largest absolute Gasteiger partial charge is 0.378 e. The fourth-order valence-electron chi connectivity index (χ4n) is 1.82. The van der Waals surface area contributed by atoms with Crippen molar-refractivity contribution in [3.8, 4) is 0 Å². The number of nitrogens with two attached hydrogens (primary N) is 1. The Kier molecular flexibility index (Phi) is 4.02. The van der Waals surface area contributed by atoms with Gasteiger partial charge in [-0.25, -0.2) is 0 Å². The summed E-state index contributed by atoms with van der Waals surface area (Å²) in [5, 5.41) is 0. The molecule has 0 aromatic rings. The molecule has 0 bridgehead atoms. The maximum atomic E-state index is 5.94. The third-order valence-corrected chi connectivity index (χ3v) is 2.86. The van der Waals surface area contributed by atoms with Crippen molar-refractivity contribution in [2.24, 2.45) is 11.7 Å². The molecule has 0 aliphatic carbocycles. The van der Waals surface area contributed by atoms with Gasteiger partial charge in [0.05, 0.1) is 6.10 Å². The van der Waals surface area contributed by atoms with Gasteiger partial charge in [-0.15, -0.1) is 0 Å². The van der Waals surface area contributed by atoms with Gasteiger partial charge in [0, 0.05) is 12.6 Å². The zero-order valence-corrected chi connectivity index (χ0v) is 8.25. The van der Waals surface area contributed by atoms with Crippen LogP contribution < -0.4 is 5.73 Å². The van der Waals surface area contributed by atoms with Crippen LogP contribution >= 0.6 is 0 Å². The van der Waals surface area contributed by atoms with Crippen LogP contribution in [-0.4, -0.2) is 18.8 Å². The lowest BCUT2D eigenvalue weighted by atomic mass is 9.93. The van der Waals surface area contributed by atoms with E-state index in [9.17, 15) is 0 Å². The van der Waals surface area contributed by atoms with E-state index >= 15 is 0 Å². The molecule has 1 rings (SSSR count). The van der Waals surface area contributed by atoms with E-state index < -0.39 is 0 Å². The molecule has 2 N–H and O–H groups in total. The Morgan fingerprint density at radius 2 is 2.33 bits per heavy atom. The van der Waals surface area contributed by atoms with Gasteiger partial charge in [0.1, 0.15) is 0 Å². The van der Waals surface area contributed by atoms with Gasteiger partial charge in [0.15, 0.2) is 0 Å². The van der Waals surface area contributed by atoms with Crippen LogP contribution in [0.4, 0.5) is 0 Å². The van der Waals surface area contributed by atoms with E-state index in [1.807, 2.05) is 0 Å². The van der Waals surface area contributed by atoms with Crippen molar-refractivity contribution in [2.45, 2.75) is 51.7 Å². The van der Waals surface area contributed by atoms with Crippen LogP contribution in [0.15, 0.2) is 0 Å². The SMILES string of the molecule is CCC(N)C(C)CC1CCCO1. The molecule has 2 nitrogen and oxygen atoms in total. The fourth-order valence-corrected chi connectivity index (χ4v) is 1.82. The van der Waals surface area contributed by atoms with E-state index in [0.717, 1.165) is 19.4 Å². The van der Waals surface area contributed by atoms with E-state index in [-0.39, 0.29) is 0 Å². The monoisotopic (exact) mass is 171 g/mol. The molecule has 0 saturated carbocycles. The summed E-state index contributed by atoms with van der Waals surface area (Å²) in [6, 6.07) is 0.356. The molecule has 3 unspecified atom stereocenters. The zero-order valence-electron chi connectivity index (χ0n) is 8.25. The lowest BCUT2D eigenvalue weighted by molar-refractivity contribution is 0.0879. The van der Waals surface area contributed by atoms with Gasteiger partial charge in [-0.2, -0.15) is 0 Å². The topological polar surface area (TPSA) is 35.2 Å². The molecule has 1 fully saturated rings. The maximum Gasteiger partial charge on any atom is 0.0579 e. The molecule has 0 radical (unpaired) electrons. The second-order valence-electron chi connectivity index (χ2n) is 3.92. The Labute approximate surface area is 75.5 Å². The summed E-state index contributed by atoms with van der Waals surface area (Å²) in [5.41, 5.74) is 5.94. The van der Waals surface area contributed by atoms with Gasteiger partial charge in [-0.1, -0.05) is 13.8 Å². The molecule has 0 aromatic heterocycles. The van der Waals surface area contributed by atoms with Gasteiger partial charge in [-0.3, -0.25) is 0 Å². The van der Waals surface area contributed by atoms with Crippen LogP contribution in [0, 0.1) is 5.92 Å². The summed E-state index contributed by atoms with van der Waals surface area (Å²) in [4.78, 5) is 0. The number of hydrogen-bond acceptors (Lipinski definition) is 2. The molecule has 72 valence electrons. The lowest BCUT2D eigenvalue weighted by Gasteiger charge is -2.21. The molecule has 1 aliphatic rings. The highest BCUT2D eigenvalue weighted by atomic mass is 16.5. The van der Waals surface area contributed by atoms with Gasteiger partial charge in [0.2, 0.25) is 0 Å². The predicted molar refractivity (Wildman–Crippen MR) is 51.0 cm³/mol. The second kappa shape index (κ2) is 4.83. The molecule has 0 amide bonds. The van der Waals surface area contributed by atoms with Crippen molar-refractivity contribution in [1.29, 1.82) is 0 Å². The van der Waals surface area contributed by atoms with E-state index in [2.05, 4.69) is 13.8 Å². The summed E-state index contributed by atoms with van der Waals surface area (Å²) in [6.45, 7) is 5.34. The fraction of sp³-hybridized carbons (Fsp3) is 1.00. The average Bonchev–Trinajstić information content (AvgIpc) is 2.55. The molecule has 2 heteroatoms. The van der Waals surface area contributed by atoms with Crippen molar-refractivity contribution in [3.05, 3.63) is 0 Å². The van der Waals surface area contributed by atoms with Crippen molar-refractivity contribution < 1.29 is 4.74 Å². The van der Waals surface area contributed by atoms with E-state index in [0.29, 0.717) is 18.1 Å². The van der Waals surface area contributed by atoms with Crippen LogP contribution in [0.5, 0.6) is 0 Å². The van der Waals surface area contributed by atoms with Gasteiger partial charge >= 0.3 is 0 Å². The molecule has 1 heterocycles. The van der Waals surface area contributed by atoms with Crippen molar-refractivity contribution >= 4 is 0 Å². The summed E-state index contributed by atoms with van der Waals surface area (Å²) < 4.78 is 5.56. The Balaban J connectivity index is 2.19. The summed E-state index contributed by atoms with van der Waals surface area (Å²) in [7, 11) is 0. The molecule has 1 saturated heterocycles. The molecule has 3 atom stereocenters. The Morgan fingerprint density at radius 1 is 1.58 bits per heavy atom. The minimum Gasteiger partial charge on any atom is -0.378 e. The van der Waals surface area contributed by atoms with E-state index in [1.54, 1.807) is 0 Å². The highest BCUT2D eigenvalue weighted by Gasteiger charge is 2.20. The van der Waals surface area contributed by atoms with Crippen molar-refractivity contribution in [2.75, 3.05) is 6.61 Å². The second-order valence-corrected chi connectivity index (χ2v) is 3.92. The molecule has 0 spiro atoms. The Bertz CT molecular complexity index is 121. The predicted octanol–water partition coefficient (Wildman–Crippen LogP) is 1.93. The minimum absolute atomic E-state index is 0.356. The maximum absolute atomic E-state index is 5.94. The average molecular weight is 171 g/mol. The van der Waals surface area contributed by atoms with Crippen molar-refractivity contribution in [3.63, 3.8) is 0 Å². The normalized spacial score (nSPS) is 28.8. The third-order valence-electron chi connectivity index (χ3n) is 2.86. The van der Waals surface area contributed by atoms with Crippen LogP contribution in [-0.2, 0) is 4.74 Å². The zero-order chi connectivity index (χ0) is 8.97. The van der Waals surface area contributed by atoms with Gasteiger partial charge < -0.3 is 10.5 Å². The molecule has 0 aromatic carbocycles. The third kappa shape index (κ3) is 2.76. The minimum atomic E-state index is 0.356. The highest BCUT2D eigenvalue weighted by molar-refractivity contribution is 4.74.